The first kappa shape index (κ1) is 20.0. The maximum atomic E-state index is 14.3. The van der Waals surface area contributed by atoms with Gasteiger partial charge in [-0.05, 0) is 55.3 Å². The molecule has 2 fully saturated rings. The average Bonchev–Trinajstić information content (AvgIpc) is 3.24. The molecule has 1 aromatic rings. The second kappa shape index (κ2) is 7.84. The number of nitrogens with one attached hydrogen (secondary N) is 2. The SMILES string of the molecule is NC[C@@]1(F)CC[C@H](CNCc2cccc3c2CN(C2CCC(=O)NC2=O)C3=O)C1. The minimum atomic E-state index is -1.23. The molecule has 2 aliphatic heterocycles. The second-order valence-corrected chi connectivity index (χ2v) is 8.44. The lowest BCUT2D eigenvalue weighted by Crippen LogP contribution is -2.52. The quantitative estimate of drug-likeness (QED) is 0.616. The molecule has 0 radical (unpaired) electrons. The number of hydrogen-bond donors (Lipinski definition) is 3. The molecule has 1 saturated carbocycles. The van der Waals surface area contributed by atoms with Crippen molar-refractivity contribution in [2.75, 3.05) is 13.1 Å². The van der Waals surface area contributed by atoms with E-state index in [4.69, 9.17) is 5.73 Å². The van der Waals surface area contributed by atoms with E-state index in [-0.39, 0.29) is 30.7 Å². The van der Waals surface area contributed by atoms with Gasteiger partial charge in [0.2, 0.25) is 11.8 Å². The molecule has 7 nitrogen and oxygen atoms in total. The van der Waals surface area contributed by atoms with Crippen molar-refractivity contribution in [3.8, 4) is 0 Å². The number of imide groups is 1. The van der Waals surface area contributed by atoms with Crippen molar-refractivity contribution in [1.29, 1.82) is 0 Å². The first-order valence-electron chi connectivity index (χ1n) is 10.3. The maximum Gasteiger partial charge on any atom is 0.255 e. The van der Waals surface area contributed by atoms with E-state index in [1.54, 1.807) is 11.0 Å². The summed E-state index contributed by atoms with van der Waals surface area (Å²) in [4.78, 5) is 38.0. The van der Waals surface area contributed by atoms with Crippen LogP contribution in [0.5, 0.6) is 0 Å². The van der Waals surface area contributed by atoms with Crippen LogP contribution in [0.4, 0.5) is 4.39 Å². The van der Waals surface area contributed by atoms with Gasteiger partial charge in [0.05, 0.1) is 0 Å². The molecule has 29 heavy (non-hydrogen) atoms. The van der Waals surface area contributed by atoms with E-state index >= 15 is 0 Å². The van der Waals surface area contributed by atoms with E-state index in [0.717, 1.165) is 17.5 Å². The van der Waals surface area contributed by atoms with Gasteiger partial charge in [0.15, 0.2) is 0 Å². The number of piperidine rings is 1. The molecule has 0 bridgehead atoms. The summed E-state index contributed by atoms with van der Waals surface area (Å²) in [5.74, 6) is -0.601. The lowest BCUT2D eigenvalue weighted by Gasteiger charge is -2.29. The van der Waals surface area contributed by atoms with E-state index in [9.17, 15) is 18.8 Å². The van der Waals surface area contributed by atoms with Crippen LogP contribution in [0, 0.1) is 5.92 Å². The van der Waals surface area contributed by atoms with Gasteiger partial charge in [-0.2, -0.15) is 0 Å². The summed E-state index contributed by atoms with van der Waals surface area (Å²) in [6.07, 6.45) is 2.43. The number of hydrogen-bond acceptors (Lipinski definition) is 5. The molecular formula is C21H27FN4O3. The van der Waals surface area contributed by atoms with Crippen molar-refractivity contribution in [1.82, 2.24) is 15.5 Å². The van der Waals surface area contributed by atoms with Crippen LogP contribution >= 0.6 is 0 Å². The monoisotopic (exact) mass is 402 g/mol. The summed E-state index contributed by atoms with van der Waals surface area (Å²) in [6.45, 7) is 1.73. The van der Waals surface area contributed by atoms with Crippen molar-refractivity contribution in [2.24, 2.45) is 11.7 Å². The molecule has 8 heteroatoms. The van der Waals surface area contributed by atoms with Gasteiger partial charge in [0.25, 0.3) is 5.91 Å². The topological polar surface area (TPSA) is 105 Å². The van der Waals surface area contributed by atoms with E-state index < -0.39 is 17.6 Å². The average molecular weight is 402 g/mol. The highest BCUT2D eigenvalue weighted by molar-refractivity contribution is 6.05. The van der Waals surface area contributed by atoms with Gasteiger partial charge < -0.3 is 16.0 Å². The van der Waals surface area contributed by atoms with Crippen molar-refractivity contribution < 1.29 is 18.8 Å². The highest BCUT2D eigenvalue weighted by Gasteiger charge is 2.40. The van der Waals surface area contributed by atoms with Crippen molar-refractivity contribution in [2.45, 2.75) is 56.9 Å². The molecule has 4 rings (SSSR count). The molecule has 4 N–H and O–H groups in total. The zero-order chi connectivity index (χ0) is 20.6. The van der Waals surface area contributed by atoms with Crippen LogP contribution in [0.15, 0.2) is 18.2 Å². The Morgan fingerprint density at radius 2 is 2.10 bits per heavy atom. The first-order chi connectivity index (χ1) is 13.9. The Kier molecular flexibility index (Phi) is 5.40. The number of benzene rings is 1. The number of rotatable bonds is 6. The predicted octanol–water partition coefficient (Wildman–Crippen LogP) is 1.00. The fraction of sp³-hybridized carbons (Fsp3) is 0.571. The highest BCUT2D eigenvalue weighted by Crippen LogP contribution is 2.36. The Bertz CT molecular complexity index is 845. The molecule has 156 valence electrons. The minimum absolute atomic E-state index is 0.0774. The molecule has 3 amide bonds. The number of alkyl halides is 1. The van der Waals surface area contributed by atoms with E-state index in [0.29, 0.717) is 44.5 Å². The van der Waals surface area contributed by atoms with Crippen molar-refractivity contribution in [3.05, 3.63) is 34.9 Å². The zero-order valence-electron chi connectivity index (χ0n) is 16.4. The summed E-state index contributed by atoms with van der Waals surface area (Å²) in [5, 5.41) is 5.72. The molecule has 1 aromatic carbocycles. The Morgan fingerprint density at radius 3 is 2.83 bits per heavy atom. The van der Waals surface area contributed by atoms with Crippen LogP contribution in [-0.2, 0) is 22.7 Å². The van der Waals surface area contributed by atoms with E-state index in [1.807, 2.05) is 12.1 Å². The summed E-state index contributed by atoms with van der Waals surface area (Å²) in [5.41, 5.74) is 6.85. The third-order valence-corrected chi connectivity index (χ3v) is 6.45. The molecule has 3 atom stereocenters. The third-order valence-electron chi connectivity index (χ3n) is 6.45. The molecule has 0 spiro atoms. The molecule has 3 aliphatic rings. The van der Waals surface area contributed by atoms with Crippen LogP contribution in [0.25, 0.3) is 0 Å². The van der Waals surface area contributed by atoms with Crippen LogP contribution in [-0.4, -0.2) is 47.4 Å². The number of amides is 3. The maximum absolute atomic E-state index is 14.3. The van der Waals surface area contributed by atoms with Crippen LogP contribution in [0.1, 0.15) is 53.6 Å². The fourth-order valence-corrected chi connectivity index (χ4v) is 4.77. The van der Waals surface area contributed by atoms with Crippen molar-refractivity contribution >= 4 is 17.7 Å². The molecule has 1 aliphatic carbocycles. The number of carbonyl (C=O) groups is 3. The summed E-state index contributed by atoms with van der Waals surface area (Å²) in [7, 11) is 0. The Labute approximate surface area is 169 Å². The summed E-state index contributed by atoms with van der Waals surface area (Å²) in [6, 6.07) is 4.99. The Balaban J connectivity index is 1.40. The Morgan fingerprint density at radius 1 is 1.28 bits per heavy atom. The lowest BCUT2D eigenvalue weighted by atomic mass is 10.0. The van der Waals surface area contributed by atoms with E-state index in [2.05, 4.69) is 10.6 Å². The van der Waals surface area contributed by atoms with Gasteiger partial charge in [-0.15, -0.1) is 0 Å². The molecule has 0 aromatic heterocycles. The number of carbonyl (C=O) groups excluding carboxylic acids is 3. The molecular weight excluding hydrogens is 375 g/mol. The highest BCUT2D eigenvalue weighted by atomic mass is 19.1. The predicted molar refractivity (Wildman–Crippen MR) is 104 cm³/mol. The largest absolute Gasteiger partial charge is 0.328 e. The lowest BCUT2D eigenvalue weighted by molar-refractivity contribution is -0.136. The number of halogens is 1. The van der Waals surface area contributed by atoms with Crippen LogP contribution < -0.4 is 16.4 Å². The van der Waals surface area contributed by atoms with Crippen LogP contribution in [0.2, 0.25) is 0 Å². The molecule has 1 unspecified atom stereocenters. The Hall–Kier alpha value is -2.32. The molecule has 1 saturated heterocycles. The second-order valence-electron chi connectivity index (χ2n) is 8.44. The summed E-state index contributed by atoms with van der Waals surface area (Å²) < 4.78 is 14.3. The van der Waals surface area contributed by atoms with Gasteiger partial charge in [-0.3, -0.25) is 19.7 Å². The molecule has 2 heterocycles. The van der Waals surface area contributed by atoms with Crippen LogP contribution in [0.3, 0.4) is 0 Å². The third kappa shape index (κ3) is 3.91. The number of nitrogens with two attached hydrogens (primary N) is 1. The smallest absolute Gasteiger partial charge is 0.255 e. The summed E-state index contributed by atoms with van der Waals surface area (Å²) >= 11 is 0. The first-order valence-corrected chi connectivity index (χ1v) is 10.3. The normalized spacial score (nSPS) is 29.3. The zero-order valence-corrected chi connectivity index (χ0v) is 16.4. The van der Waals surface area contributed by atoms with Gasteiger partial charge in [0.1, 0.15) is 11.7 Å². The minimum Gasteiger partial charge on any atom is -0.328 e. The number of nitrogens with zero attached hydrogens (tertiary/aromatic N) is 1. The van der Waals surface area contributed by atoms with Gasteiger partial charge in [-0.25, -0.2) is 4.39 Å². The van der Waals surface area contributed by atoms with Gasteiger partial charge >= 0.3 is 0 Å². The fourth-order valence-electron chi connectivity index (χ4n) is 4.77. The van der Waals surface area contributed by atoms with E-state index in [1.165, 1.54) is 0 Å². The standard InChI is InChI=1S/C21H27FN4O3/c22-21(12-23)7-6-13(8-21)9-24-10-14-2-1-3-15-16(14)11-26(20(15)29)17-4-5-18(27)25-19(17)28/h1-3,13,17,24H,4-12,23H2,(H,25,27,28)/t13-,17?,21+/m0/s1. The number of fused-ring (bicyclic) bond motifs is 1. The van der Waals surface area contributed by atoms with Gasteiger partial charge in [0, 0.05) is 31.6 Å². The van der Waals surface area contributed by atoms with Gasteiger partial charge in [-0.1, -0.05) is 12.1 Å². The van der Waals surface area contributed by atoms with Crippen molar-refractivity contribution in [3.63, 3.8) is 0 Å².